The molecular formula is C21H18ClNO3S. The second kappa shape index (κ2) is 7.09. The number of halogens is 1. The van der Waals surface area contributed by atoms with Gasteiger partial charge in [-0.05, 0) is 37.3 Å². The summed E-state index contributed by atoms with van der Waals surface area (Å²) in [7, 11) is 0. The molecule has 138 valence electrons. The Morgan fingerprint density at radius 2 is 1.89 bits per heavy atom. The maximum absolute atomic E-state index is 13.1. The Labute approximate surface area is 166 Å². The molecule has 2 aromatic carbocycles. The molecule has 0 radical (unpaired) electrons. The number of benzene rings is 2. The number of aryl methyl sites for hydroxylation is 1. The minimum absolute atomic E-state index is 0.129. The third-order valence-electron chi connectivity index (χ3n) is 4.55. The molecule has 0 spiro atoms. The molecule has 1 aliphatic heterocycles. The van der Waals surface area contributed by atoms with Crippen LogP contribution in [0.25, 0.3) is 0 Å². The molecule has 6 heteroatoms. The summed E-state index contributed by atoms with van der Waals surface area (Å²) in [6.07, 6.45) is 0. The van der Waals surface area contributed by atoms with Crippen LogP contribution in [0.4, 0.5) is 5.69 Å². The standard InChI is InChI=1S/C21H18ClNO3S/c1-13-3-2-4-14(11-13)20(24)16-12-15(5-6-17(16)23)21(25-9-10-26-21)18-7-8-19(22)27-18/h2-8,11-12H,9-10,23H2,1H3. The van der Waals surface area contributed by atoms with Crippen LogP contribution in [0.1, 0.15) is 31.9 Å². The Hall–Kier alpha value is -2.18. The van der Waals surface area contributed by atoms with Crippen LogP contribution in [-0.4, -0.2) is 19.0 Å². The summed E-state index contributed by atoms with van der Waals surface area (Å²) in [6, 6.07) is 16.5. The average Bonchev–Trinajstić information content (AvgIpc) is 3.31. The number of thiophene rings is 1. The lowest BCUT2D eigenvalue weighted by Gasteiger charge is -2.27. The van der Waals surface area contributed by atoms with Crippen LogP contribution in [0.5, 0.6) is 0 Å². The smallest absolute Gasteiger partial charge is 0.232 e. The highest BCUT2D eigenvalue weighted by Gasteiger charge is 2.42. The van der Waals surface area contributed by atoms with Crippen LogP contribution in [-0.2, 0) is 15.3 Å². The van der Waals surface area contributed by atoms with Crippen molar-refractivity contribution in [3.05, 3.63) is 86.1 Å². The van der Waals surface area contributed by atoms with Crippen molar-refractivity contribution < 1.29 is 14.3 Å². The van der Waals surface area contributed by atoms with Crippen molar-refractivity contribution in [2.75, 3.05) is 18.9 Å². The first-order chi connectivity index (χ1) is 13.0. The van der Waals surface area contributed by atoms with Gasteiger partial charge < -0.3 is 15.2 Å². The summed E-state index contributed by atoms with van der Waals surface area (Å²) in [5.41, 5.74) is 9.32. The summed E-state index contributed by atoms with van der Waals surface area (Å²) >= 11 is 7.52. The molecule has 1 fully saturated rings. The molecule has 4 nitrogen and oxygen atoms in total. The van der Waals surface area contributed by atoms with E-state index in [9.17, 15) is 4.79 Å². The van der Waals surface area contributed by atoms with E-state index in [2.05, 4.69) is 0 Å². The minimum atomic E-state index is -1.06. The summed E-state index contributed by atoms with van der Waals surface area (Å²) < 4.78 is 12.7. The van der Waals surface area contributed by atoms with Gasteiger partial charge in [0.05, 0.1) is 22.4 Å². The minimum Gasteiger partial charge on any atom is -0.398 e. The first kappa shape index (κ1) is 18.2. The lowest BCUT2D eigenvalue weighted by atomic mass is 9.95. The second-order valence-electron chi connectivity index (χ2n) is 6.42. The molecule has 1 aliphatic rings. The van der Waals surface area contributed by atoms with Gasteiger partial charge in [0.2, 0.25) is 5.79 Å². The van der Waals surface area contributed by atoms with Crippen LogP contribution in [0.15, 0.2) is 54.6 Å². The van der Waals surface area contributed by atoms with E-state index in [1.54, 1.807) is 18.2 Å². The van der Waals surface area contributed by atoms with Crippen molar-refractivity contribution in [3.63, 3.8) is 0 Å². The van der Waals surface area contributed by atoms with Crippen molar-refractivity contribution in [1.82, 2.24) is 0 Å². The van der Waals surface area contributed by atoms with Gasteiger partial charge in [-0.15, -0.1) is 11.3 Å². The number of anilines is 1. The predicted molar refractivity (Wildman–Crippen MR) is 107 cm³/mol. The number of hydrogen-bond acceptors (Lipinski definition) is 5. The van der Waals surface area contributed by atoms with Crippen molar-refractivity contribution in [3.8, 4) is 0 Å². The molecule has 3 aromatic rings. The van der Waals surface area contributed by atoms with Gasteiger partial charge in [-0.1, -0.05) is 41.4 Å². The molecule has 1 aromatic heterocycles. The Bertz CT molecular complexity index is 1010. The van der Waals surface area contributed by atoms with E-state index in [4.69, 9.17) is 26.8 Å². The zero-order chi connectivity index (χ0) is 19.0. The van der Waals surface area contributed by atoms with Gasteiger partial charge in [-0.2, -0.15) is 0 Å². The summed E-state index contributed by atoms with van der Waals surface area (Å²) in [5.74, 6) is -1.19. The maximum atomic E-state index is 13.1. The number of nitrogens with two attached hydrogens (primary N) is 1. The fourth-order valence-corrected chi connectivity index (χ4v) is 4.42. The van der Waals surface area contributed by atoms with Crippen LogP contribution >= 0.6 is 22.9 Å². The van der Waals surface area contributed by atoms with E-state index in [0.29, 0.717) is 34.4 Å². The van der Waals surface area contributed by atoms with Crippen molar-refractivity contribution in [1.29, 1.82) is 0 Å². The van der Waals surface area contributed by atoms with E-state index in [1.807, 2.05) is 43.3 Å². The monoisotopic (exact) mass is 399 g/mol. The lowest BCUT2D eigenvalue weighted by molar-refractivity contribution is -0.127. The second-order valence-corrected chi connectivity index (χ2v) is 8.13. The number of rotatable bonds is 4. The fourth-order valence-electron chi connectivity index (χ4n) is 3.25. The number of nitrogen functional groups attached to an aromatic ring is 1. The van der Waals surface area contributed by atoms with Gasteiger partial charge in [0, 0.05) is 22.4 Å². The summed E-state index contributed by atoms with van der Waals surface area (Å²) in [5, 5.41) is 0. The normalized spacial score (nSPS) is 15.8. The van der Waals surface area contributed by atoms with Crippen molar-refractivity contribution >= 4 is 34.4 Å². The molecule has 4 rings (SSSR count). The molecule has 0 bridgehead atoms. The Balaban J connectivity index is 1.81. The van der Waals surface area contributed by atoms with Gasteiger partial charge in [-0.3, -0.25) is 4.79 Å². The maximum Gasteiger partial charge on any atom is 0.232 e. The third kappa shape index (κ3) is 3.28. The van der Waals surface area contributed by atoms with Crippen molar-refractivity contribution in [2.45, 2.75) is 12.7 Å². The quantitative estimate of drug-likeness (QED) is 0.507. The van der Waals surface area contributed by atoms with Gasteiger partial charge >= 0.3 is 0 Å². The van der Waals surface area contributed by atoms with E-state index in [0.717, 1.165) is 16.0 Å². The van der Waals surface area contributed by atoms with E-state index >= 15 is 0 Å². The largest absolute Gasteiger partial charge is 0.398 e. The number of carbonyl (C=O) groups excluding carboxylic acids is 1. The molecule has 0 atom stereocenters. The van der Waals surface area contributed by atoms with E-state index < -0.39 is 5.79 Å². The Kier molecular flexibility index (Phi) is 4.78. The molecule has 2 N–H and O–H groups in total. The Morgan fingerprint density at radius 3 is 2.56 bits per heavy atom. The van der Waals surface area contributed by atoms with E-state index in [1.165, 1.54) is 11.3 Å². The zero-order valence-electron chi connectivity index (χ0n) is 14.7. The van der Waals surface area contributed by atoms with Gasteiger partial charge in [0.1, 0.15) is 0 Å². The molecular weight excluding hydrogens is 382 g/mol. The lowest BCUT2D eigenvalue weighted by Crippen LogP contribution is -2.28. The average molecular weight is 400 g/mol. The van der Waals surface area contributed by atoms with Gasteiger partial charge in [0.25, 0.3) is 0 Å². The SMILES string of the molecule is Cc1cccc(C(=O)c2cc(C3(c4ccc(Cl)s4)OCCO3)ccc2N)c1. The molecule has 1 saturated heterocycles. The number of hydrogen-bond donors (Lipinski definition) is 1. The van der Waals surface area contributed by atoms with Gasteiger partial charge in [0.15, 0.2) is 5.78 Å². The van der Waals surface area contributed by atoms with Gasteiger partial charge in [-0.25, -0.2) is 0 Å². The zero-order valence-corrected chi connectivity index (χ0v) is 16.3. The molecule has 0 unspecified atom stereocenters. The molecule has 0 aliphatic carbocycles. The number of ether oxygens (including phenoxy) is 2. The van der Waals surface area contributed by atoms with E-state index in [-0.39, 0.29) is 5.78 Å². The number of ketones is 1. The topological polar surface area (TPSA) is 61.5 Å². The van der Waals surface area contributed by atoms with Crippen molar-refractivity contribution in [2.24, 2.45) is 0 Å². The highest BCUT2D eigenvalue weighted by Crippen LogP contribution is 2.43. The third-order valence-corrected chi connectivity index (χ3v) is 5.86. The highest BCUT2D eigenvalue weighted by atomic mass is 35.5. The summed E-state index contributed by atoms with van der Waals surface area (Å²) in [4.78, 5) is 13.9. The molecule has 27 heavy (non-hydrogen) atoms. The highest BCUT2D eigenvalue weighted by molar-refractivity contribution is 7.16. The van der Waals surface area contributed by atoms with Crippen LogP contribution in [0.3, 0.4) is 0 Å². The predicted octanol–water partition coefficient (Wildman–Crippen LogP) is 4.77. The first-order valence-corrected chi connectivity index (χ1v) is 9.74. The van der Waals surface area contributed by atoms with Crippen LogP contribution in [0, 0.1) is 6.92 Å². The van der Waals surface area contributed by atoms with Crippen LogP contribution < -0.4 is 5.73 Å². The molecule has 0 amide bonds. The van der Waals surface area contributed by atoms with Crippen LogP contribution in [0.2, 0.25) is 4.34 Å². The fraction of sp³-hybridized carbons (Fsp3) is 0.190. The molecule has 0 saturated carbocycles. The number of carbonyl (C=O) groups is 1. The molecule has 2 heterocycles. The summed E-state index contributed by atoms with van der Waals surface area (Å²) in [6.45, 7) is 2.87. The Morgan fingerprint density at radius 1 is 1.11 bits per heavy atom. The first-order valence-electron chi connectivity index (χ1n) is 8.55.